The molecule has 0 saturated carbocycles. The number of ether oxygens (including phenoxy) is 1. The van der Waals surface area contributed by atoms with Crippen molar-refractivity contribution >= 4 is 27.5 Å². The van der Waals surface area contributed by atoms with E-state index in [1.54, 1.807) is 17.4 Å². The van der Waals surface area contributed by atoms with Crippen LogP contribution in [0.2, 0.25) is 0 Å². The fraction of sp³-hybridized carbons (Fsp3) is 0.310. The zero-order valence-corrected chi connectivity index (χ0v) is 21.6. The molecule has 3 aromatic carbocycles. The molecule has 0 spiro atoms. The molecule has 6 heteroatoms. The smallest absolute Gasteiger partial charge is 0.339 e. The number of hydrogen-bond donors (Lipinski definition) is 2. The van der Waals surface area contributed by atoms with E-state index in [0.29, 0.717) is 11.3 Å². The molecule has 0 aliphatic carbocycles. The van der Waals surface area contributed by atoms with Crippen LogP contribution in [0.5, 0.6) is 11.5 Å². The van der Waals surface area contributed by atoms with Crippen molar-refractivity contribution in [2.24, 2.45) is 5.41 Å². The molecule has 0 amide bonds. The SMILES string of the molecule is CC(C)(C)CC(C)(C)c1cc(COc2ccccc2-c2nc3ccccc3s2)c(O)c(C(=O)O)c1. The van der Waals surface area contributed by atoms with Crippen molar-refractivity contribution in [2.45, 2.75) is 53.1 Å². The summed E-state index contributed by atoms with van der Waals surface area (Å²) in [6.07, 6.45) is 0.852. The number of phenols is 1. The van der Waals surface area contributed by atoms with Gasteiger partial charge in [-0.25, -0.2) is 9.78 Å². The molecule has 5 nitrogen and oxygen atoms in total. The van der Waals surface area contributed by atoms with Crippen LogP contribution in [0.15, 0.2) is 60.7 Å². The highest BCUT2D eigenvalue weighted by molar-refractivity contribution is 7.21. The van der Waals surface area contributed by atoms with E-state index >= 15 is 0 Å². The molecule has 0 bridgehead atoms. The maximum Gasteiger partial charge on any atom is 0.339 e. The summed E-state index contributed by atoms with van der Waals surface area (Å²) in [5.41, 5.74) is 2.75. The lowest BCUT2D eigenvalue weighted by Gasteiger charge is -2.33. The third-order valence-corrected chi connectivity index (χ3v) is 7.04. The highest BCUT2D eigenvalue weighted by Gasteiger charge is 2.30. The highest BCUT2D eigenvalue weighted by atomic mass is 32.1. The molecule has 1 heterocycles. The Morgan fingerprint density at radius 1 is 1.00 bits per heavy atom. The van der Waals surface area contributed by atoms with Gasteiger partial charge < -0.3 is 14.9 Å². The summed E-state index contributed by atoms with van der Waals surface area (Å²) in [6, 6.07) is 19.1. The number of carboxylic acid groups (broad SMARTS) is 1. The number of thiazole rings is 1. The topological polar surface area (TPSA) is 79.7 Å². The van der Waals surface area contributed by atoms with E-state index in [0.717, 1.165) is 32.8 Å². The number of benzene rings is 3. The van der Waals surface area contributed by atoms with E-state index in [2.05, 4.69) is 34.6 Å². The lowest BCUT2D eigenvalue weighted by molar-refractivity contribution is 0.0693. The predicted molar refractivity (Wildman–Crippen MR) is 142 cm³/mol. The second-order valence-electron chi connectivity index (χ2n) is 10.7. The minimum absolute atomic E-state index is 0.0352. The van der Waals surface area contributed by atoms with Gasteiger partial charge >= 0.3 is 5.97 Å². The standard InChI is InChI=1S/C29H31NO4S/c1-28(2,3)17-29(4,5)19-14-18(25(31)21(15-19)27(32)33)16-34-23-12-8-6-10-20(23)26-30-22-11-7-9-13-24(22)35-26/h6-15,31H,16-17H2,1-5H3,(H,32,33). The number of rotatable bonds is 7. The van der Waals surface area contributed by atoms with Gasteiger partial charge in [0, 0.05) is 5.56 Å². The molecule has 4 rings (SSSR count). The van der Waals surface area contributed by atoms with Crippen molar-refractivity contribution in [1.82, 2.24) is 4.98 Å². The van der Waals surface area contributed by atoms with Crippen LogP contribution in [0, 0.1) is 5.41 Å². The van der Waals surface area contributed by atoms with Gasteiger partial charge in [0.05, 0.1) is 15.8 Å². The molecule has 1 aromatic heterocycles. The Labute approximate surface area is 210 Å². The molecule has 35 heavy (non-hydrogen) atoms. The van der Waals surface area contributed by atoms with E-state index in [9.17, 15) is 15.0 Å². The number of fused-ring (bicyclic) bond motifs is 1. The van der Waals surface area contributed by atoms with E-state index in [-0.39, 0.29) is 28.7 Å². The van der Waals surface area contributed by atoms with Crippen LogP contribution in [0.25, 0.3) is 20.8 Å². The van der Waals surface area contributed by atoms with Crippen LogP contribution in [-0.4, -0.2) is 21.2 Å². The fourth-order valence-corrected chi connectivity index (χ4v) is 5.69. The van der Waals surface area contributed by atoms with Crippen molar-refractivity contribution < 1.29 is 19.7 Å². The summed E-state index contributed by atoms with van der Waals surface area (Å²) in [5, 5.41) is 21.4. The fourth-order valence-electron chi connectivity index (χ4n) is 4.70. The summed E-state index contributed by atoms with van der Waals surface area (Å²) in [7, 11) is 0. The predicted octanol–water partition coefficient (Wildman–Crippen LogP) is 7.66. The Hall–Kier alpha value is -3.38. The Morgan fingerprint density at radius 2 is 1.69 bits per heavy atom. The second-order valence-corrected chi connectivity index (χ2v) is 11.8. The van der Waals surface area contributed by atoms with Gasteiger partial charge in [-0.15, -0.1) is 11.3 Å². The van der Waals surface area contributed by atoms with Gasteiger partial charge in [0.25, 0.3) is 0 Å². The Kier molecular flexibility index (Phi) is 6.60. The summed E-state index contributed by atoms with van der Waals surface area (Å²) >= 11 is 1.59. The third-order valence-electron chi connectivity index (χ3n) is 5.97. The van der Waals surface area contributed by atoms with Crippen molar-refractivity contribution in [2.75, 3.05) is 0 Å². The van der Waals surface area contributed by atoms with Gasteiger partial charge in [0.1, 0.15) is 28.7 Å². The van der Waals surface area contributed by atoms with Crippen LogP contribution in [0.4, 0.5) is 0 Å². The molecular formula is C29H31NO4S. The molecule has 182 valence electrons. The monoisotopic (exact) mass is 489 g/mol. The number of carbonyl (C=O) groups is 1. The number of aromatic hydroxyl groups is 1. The van der Waals surface area contributed by atoms with Crippen LogP contribution >= 0.6 is 11.3 Å². The minimum atomic E-state index is -1.16. The Morgan fingerprint density at radius 3 is 2.37 bits per heavy atom. The van der Waals surface area contributed by atoms with E-state index in [1.807, 2.05) is 54.6 Å². The molecule has 0 saturated heterocycles. The van der Waals surface area contributed by atoms with Crippen LogP contribution in [0.3, 0.4) is 0 Å². The minimum Gasteiger partial charge on any atom is -0.507 e. The number of aromatic nitrogens is 1. The highest BCUT2D eigenvalue weighted by Crippen LogP contribution is 2.40. The third kappa shape index (κ3) is 5.49. The lowest BCUT2D eigenvalue weighted by atomic mass is 9.71. The van der Waals surface area contributed by atoms with E-state index in [4.69, 9.17) is 9.72 Å². The Bertz CT molecular complexity index is 1350. The number of carboxylic acids is 1. The van der Waals surface area contributed by atoms with Crippen molar-refractivity contribution in [3.63, 3.8) is 0 Å². The average molecular weight is 490 g/mol. The zero-order valence-electron chi connectivity index (χ0n) is 20.8. The van der Waals surface area contributed by atoms with Crippen LogP contribution in [0.1, 0.15) is 62.5 Å². The van der Waals surface area contributed by atoms with Crippen LogP contribution in [-0.2, 0) is 12.0 Å². The number of para-hydroxylation sites is 2. The quantitative estimate of drug-likeness (QED) is 0.278. The molecular weight excluding hydrogens is 458 g/mol. The Balaban J connectivity index is 1.69. The van der Waals surface area contributed by atoms with E-state index < -0.39 is 5.97 Å². The van der Waals surface area contributed by atoms with Crippen LogP contribution < -0.4 is 4.74 Å². The molecule has 0 fully saturated rings. The molecule has 0 aliphatic rings. The maximum atomic E-state index is 11.9. The maximum absolute atomic E-state index is 11.9. The molecule has 2 N–H and O–H groups in total. The molecule has 4 aromatic rings. The van der Waals surface area contributed by atoms with Gasteiger partial charge in [-0.2, -0.15) is 0 Å². The van der Waals surface area contributed by atoms with Crippen molar-refractivity contribution in [1.29, 1.82) is 0 Å². The molecule has 0 aliphatic heterocycles. The number of nitrogens with zero attached hydrogens (tertiary/aromatic N) is 1. The average Bonchev–Trinajstić information content (AvgIpc) is 3.21. The number of aromatic carboxylic acids is 1. The second kappa shape index (κ2) is 9.34. The summed E-state index contributed by atoms with van der Waals surface area (Å²) in [5.74, 6) is -0.792. The first kappa shape index (κ1) is 24.7. The lowest BCUT2D eigenvalue weighted by Crippen LogP contribution is -2.25. The molecule has 0 radical (unpaired) electrons. The van der Waals surface area contributed by atoms with Gasteiger partial charge in [-0.05, 0) is 59.2 Å². The molecule has 0 atom stereocenters. The number of hydrogen-bond acceptors (Lipinski definition) is 5. The van der Waals surface area contributed by atoms with E-state index in [1.165, 1.54) is 0 Å². The summed E-state index contributed by atoms with van der Waals surface area (Å²) < 4.78 is 7.26. The normalized spacial score (nSPS) is 12.1. The first-order valence-corrected chi connectivity index (χ1v) is 12.4. The van der Waals surface area contributed by atoms with Gasteiger partial charge in [0.15, 0.2) is 0 Å². The first-order valence-electron chi connectivity index (χ1n) is 11.6. The van der Waals surface area contributed by atoms with Gasteiger partial charge in [0.2, 0.25) is 0 Å². The van der Waals surface area contributed by atoms with Crippen molar-refractivity contribution in [3.8, 4) is 22.1 Å². The van der Waals surface area contributed by atoms with Gasteiger partial charge in [-0.1, -0.05) is 58.9 Å². The summed E-state index contributed by atoms with van der Waals surface area (Å²) in [6.45, 7) is 10.7. The zero-order chi connectivity index (χ0) is 25.4. The van der Waals surface area contributed by atoms with Crippen molar-refractivity contribution in [3.05, 3.63) is 77.4 Å². The van der Waals surface area contributed by atoms with Gasteiger partial charge in [-0.3, -0.25) is 0 Å². The summed E-state index contributed by atoms with van der Waals surface area (Å²) in [4.78, 5) is 16.7. The molecule has 0 unspecified atom stereocenters. The first-order chi connectivity index (χ1) is 16.4. The largest absolute Gasteiger partial charge is 0.507 e.